The fraction of sp³-hybridized carbons (Fsp3) is 0.611. The van der Waals surface area contributed by atoms with Crippen LogP contribution < -0.4 is 5.32 Å². The Morgan fingerprint density at radius 2 is 1.91 bits per heavy atom. The Morgan fingerprint density at radius 1 is 1.18 bits per heavy atom. The SMILES string of the molecule is CC1CCN(C(=O)c2cccc(CN3CCNCC3)c2)CC1. The zero-order chi connectivity index (χ0) is 15.4. The van der Waals surface area contributed by atoms with Gasteiger partial charge in [0.05, 0.1) is 0 Å². The first-order chi connectivity index (χ1) is 10.7. The molecule has 120 valence electrons. The molecule has 1 aromatic carbocycles. The van der Waals surface area contributed by atoms with Gasteiger partial charge in [-0.3, -0.25) is 9.69 Å². The topological polar surface area (TPSA) is 35.6 Å². The Balaban J connectivity index is 1.63. The first-order valence-corrected chi connectivity index (χ1v) is 8.53. The molecular formula is C18H27N3O. The quantitative estimate of drug-likeness (QED) is 0.927. The highest BCUT2D eigenvalue weighted by atomic mass is 16.2. The summed E-state index contributed by atoms with van der Waals surface area (Å²) < 4.78 is 0. The van der Waals surface area contributed by atoms with E-state index in [0.717, 1.165) is 70.1 Å². The van der Waals surface area contributed by atoms with Crippen LogP contribution in [0, 0.1) is 5.92 Å². The lowest BCUT2D eigenvalue weighted by Gasteiger charge is -2.30. The summed E-state index contributed by atoms with van der Waals surface area (Å²) in [5.41, 5.74) is 2.10. The van der Waals surface area contributed by atoms with Gasteiger partial charge in [0, 0.05) is 51.4 Å². The largest absolute Gasteiger partial charge is 0.339 e. The maximum atomic E-state index is 12.7. The van der Waals surface area contributed by atoms with Gasteiger partial charge in [0.15, 0.2) is 0 Å². The molecule has 0 atom stereocenters. The molecule has 0 spiro atoms. The Labute approximate surface area is 133 Å². The molecule has 2 fully saturated rings. The third-order valence-electron chi connectivity index (χ3n) is 4.86. The van der Waals surface area contributed by atoms with Gasteiger partial charge in [0.2, 0.25) is 0 Å². The molecule has 4 heteroatoms. The first-order valence-electron chi connectivity index (χ1n) is 8.53. The van der Waals surface area contributed by atoms with Crippen LogP contribution in [0.2, 0.25) is 0 Å². The average Bonchev–Trinajstić information content (AvgIpc) is 2.56. The molecule has 1 amide bonds. The Morgan fingerprint density at radius 3 is 2.64 bits per heavy atom. The molecule has 3 rings (SSSR count). The van der Waals surface area contributed by atoms with Gasteiger partial charge in [-0.2, -0.15) is 0 Å². The molecule has 2 saturated heterocycles. The van der Waals surface area contributed by atoms with Gasteiger partial charge in [0.25, 0.3) is 5.91 Å². The monoisotopic (exact) mass is 301 g/mol. The minimum atomic E-state index is 0.203. The van der Waals surface area contributed by atoms with Crippen molar-refractivity contribution < 1.29 is 4.79 Å². The summed E-state index contributed by atoms with van der Waals surface area (Å²) in [6, 6.07) is 8.21. The standard InChI is InChI=1S/C18H27N3O/c1-15-5-9-21(10-6-15)18(22)17-4-2-3-16(13-17)14-20-11-7-19-8-12-20/h2-4,13,15,19H,5-12,14H2,1H3. The van der Waals surface area contributed by atoms with Crippen molar-refractivity contribution in [2.75, 3.05) is 39.3 Å². The van der Waals surface area contributed by atoms with Crippen molar-refractivity contribution >= 4 is 5.91 Å². The molecule has 22 heavy (non-hydrogen) atoms. The maximum absolute atomic E-state index is 12.7. The number of benzene rings is 1. The van der Waals surface area contributed by atoms with Crippen LogP contribution in [-0.4, -0.2) is 55.0 Å². The Kier molecular flexibility index (Phi) is 5.11. The van der Waals surface area contributed by atoms with E-state index in [9.17, 15) is 4.79 Å². The smallest absolute Gasteiger partial charge is 0.253 e. The van der Waals surface area contributed by atoms with E-state index in [0.29, 0.717) is 0 Å². The second kappa shape index (κ2) is 7.25. The van der Waals surface area contributed by atoms with Crippen molar-refractivity contribution in [2.45, 2.75) is 26.3 Å². The van der Waals surface area contributed by atoms with Crippen LogP contribution in [0.25, 0.3) is 0 Å². The second-order valence-corrected chi connectivity index (χ2v) is 6.70. The third kappa shape index (κ3) is 3.87. The van der Waals surface area contributed by atoms with E-state index in [1.54, 1.807) is 0 Å². The number of rotatable bonds is 3. The van der Waals surface area contributed by atoms with Crippen molar-refractivity contribution in [3.8, 4) is 0 Å². The predicted octanol–water partition coefficient (Wildman–Crippen LogP) is 1.96. The number of nitrogens with zero attached hydrogens (tertiary/aromatic N) is 2. The Hall–Kier alpha value is -1.39. The second-order valence-electron chi connectivity index (χ2n) is 6.70. The molecule has 2 aliphatic heterocycles. The van der Waals surface area contributed by atoms with Gasteiger partial charge in [0.1, 0.15) is 0 Å². The van der Waals surface area contributed by atoms with Gasteiger partial charge in [-0.05, 0) is 36.5 Å². The highest BCUT2D eigenvalue weighted by molar-refractivity contribution is 5.94. The van der Waals surface area contributed by atoms with Crippen LogP contribution >= 0.6 is 0 Å². The molecule has 2 aliphatic rings. The summed E-state index contributed by atoms with van der Waals surface area (Å²) in [6.45, 7) is 9.32. The summed E-state index contributed by atoms with van der Waals surface area (Å²) in [5, 5.41) is 3.37. The van der Waals surface area contributed by atoms with Crippen molar-refractivity contribution in [2.24, 2.45) is 5.92 Å². The molecule has 2 heterocycles. The van der Waals surface area contributed by atoms with E-state index >= 15 is 0 Å². The van der Waals surface area contributed by atoms with Gasteiger partial charge in [-0.25, -0.2) is 0 Å². The lowest BCUT2D eigenvalue weighted by atomic mass is 9.98. The van der Waals surface area contributed by atoms with E-state index < -0.39 is 0 Å². The van der Waals surface area contributed by atoms with Gasteiger partial charge < -0.3 is 10.2 Å². The normalized spacial score (nSPS) is 21.0. The summed E-state index contributed by atoms with van der Waals surface area (Å²) in [6.07, 6.45) is 2.26. The fourth-order valence-electron chi connectivity index (χ4n) is 3.32. The number of carbonyl (C=O) groups excluding carboxylic acids is 1. The molecule has 1 N–H and O–H groups in total. The summed E-state index contributed by atoms with van der Waals surface area (Å²) in [4.78, 5) is 17.1. The molecule has 4 nitrogen and oxygen atoms in total. The number of likely N-dealkylation sites (tertiary alicyclic amines) is 1. The number of piperazine rings is 1. The molecule has 0 aromatic heterocycles. The summed E-state index contributed by atoms with van der Waals surface area (Å²) in [5.74, 6) is 0.956. The van der Waals surface area contributed by atoms with Crippen molar-refractivity contribution in [3.63, 3.8) is 0 Å². The van der Waals surface area contributed by atoms with Gasteiger partial charge in [-0.15, -0.1) is 0 Å². The van der Waals surface area contributed by atoms with E-state index in [-0.39, 0.29) is 5.91 Å². The minimum absolute atomic E-state index is 0.203. The van der Waals surface area contributed by atoms with Crippen molar-refractivity contribution in [1.29, 1.82) is 0 Å². The molecule has 0 saturated carbocycles. The Bertz CT molecular complexity index is 503. The predicted molar refractivity (Wildman–Crippen MR) is 88.9 cm³/mol. The van der Waals surface area contributed by atoms with Crippen LogP contribution in [0.4, 0.5) is 0 Å². The van der Waals surface area contributed by atoms with Crippen LogP contribution in [0.5, 0.6) is 0 Å². The van der Waals surface area contributed by atoms with E-state index in [2.05, 4.69) is 29.3 Å². The van der Waals surface area contributed by atoms with E-state index in [1.165, 1.54) is 5.56 Å². The lowest BCUT2D eigenvalue weighted by Crippen LogP contribution is -2.42. The third-order valence-corrected chi connectivity index (χ3v) is 4.86. The fourth-order valence-corrected chi connectivity index (χ4v) is 3.32. The minimum Gasteiger partial charge on any atom is -0.339 e. The van der Waals surface area contributed by atoms with Crippen molar-refractivity contribution in [3.05, 3.63) is 35.4 Å². The molecule has 0 bridgehead atoms. The molecule has 1 aromatic rings. The van der Waals surface area contributed by atoms with Gasteiger partial charge >= 0.3 is 0 Å². The number of carbonyl (C=O) groups is 1. The number of hydrogen-bond donors (Lipinski definition) is 1. The zero-order valence-electron chi connectivity index (χ0n) is 13.6. The lowest BCUT2D eigenvalue weighted by molar-refractivity contribution is 0.0697. The number of nitrogens with one attached hydrogen (secondary N) is 1. The van der Waals surface area contributed by atoms with Crippen LogP contribution in [-0.2, 0) is 6.54 Å². The first kappa shape index (κ1) is 15.5. The summed E-state index contributed by atoms with van der Waals surface area (Å²) in [7, 11) is 0. The highest BCUT2D eigenvalue weighted by Crippen LogP contribution is 2.19. The maximum Gasteiger partial charge on any atom is 0.253 e. The average molecular weight is 301 g/mol. The van der Waals surface area contributed by atoms with E-state index in [4.69, 9.17) is 0 Å². The van der Waals surface area contributed by atoms with Gasteiger partial charge in [-0.1, -0.05) is 19.1 Å². The summed E-state index contributed by atoms with van der Waals surface area (Å²) >= 11 is 0. The molecule has 0 unspecified atom stereocenters. The highest BCUT2D eigenvalue weighted by Gasteiger charge is 2.21. The number of amides is 1. The number of piperidine rings is 1. The zero-order valence-corrected chi connectivity index (χ0v) is 13.6. The molecule has 0 aliphatic carbocycles. The van der Waals surface area contributed by atoms with Crippen LogP contribution in [0.1, 0.15) is 35.7 Å². The van der Waals surface area contributed by atoms with E-state index in [1.807, 2.05) is 17.0 Å². The molecular weight excluding hydrogens is 274 g/mol. The van der Waals surface area contributed by atoms with Crippen molar-refractivity contribution in [1.82, 2.24) is 15.1 Å². The molecule has 0 radical (unpaired) electrons. The van der Waals surface area contributed by atoms with Crippen LogP contribution in [0.15, 0.2) is 24.3 Å². The number of hydrogen-bond acceptors (Lipinski definition) is 3. The van der Waals surface area contributed by atoms with Crippen LogP contribution in [0.3, 0.4) is 0 Å².